The van der Waals surface area contributed by atoms with Crippen molar-refractivity contribution in [3.05, 3.63) is 0 Å². The van der Waals surface area contributed by atoms with Crippen molar-refractivity contribution in [1.29, 1.82) is 0 Å². The number of hydrogen-bond acceptors (Lipinski definition) is 1. The maximum atomic E-state index is 7.88. The molecule has 0 aliphatic rings. The first kappa shape index (κ1) is 15.9. The SMILES string of the molecule is CCCO.Cl.[Ni]. The Balaban J connectivity index is -0.0000000450. The first-order valence-corrected chi connectivity index (χ1v) is 1.52. The number of aliphatic hydroxyl groups excluding tert-OH is 1. The van der Waals surface area contributed by atoms with Gasteiger partial charge in [0, 0.05) is 23.1 Å². The van der Waals surface area contributed by atoms with Crippen LogP contribution in [0.4, 0.5) is 0 Å². The van der Waals surface area contributed by atoms with Crippen LogP contribution >= 0.6 is 12.4 Å². The molecule has 6 heavy (non-hydrogen) atoms. The number of hydrogen-bond donors (Lipinski definition) is 1. The van der Waals surface area contributed by atoms with E-state index in [4.69, 9.17) is 5.11 Å². The van der Waals surface area contributed by atoms with Crippen LogP contribution in [0.5, 0.6) is 0 Å². The summed E-state index contributed by atoms with van der Waals surface area (Å²) in [6.45, 7) is 2.25. The molecule has 0 spiro atoms. The van der Waals surface area contributed by atoms with E-state index < -0.39 is 0 Å². The Morgan fingerprint density at radius 2 is 1.67 bits per heavy atom. The zero-order chi connectivity index (χ0) is 3.41. The summed E-state index contributed by atoms with van der Waals surface area (Å²) in [5.41, 5.74) is 0. The van der Waals surface area contributed by atoms with Gasteiger partial charge in [0.05, 0.1) is 0 Å². The van der Waals surface area contributed by atoms with Crippen molar-refractivity contribution in [2.45, 2.75) is 13.3 Å². The molecule has 0 aromatic rings. The summed E-state index contributed by atoms with van der Waals surface area (Å²) in [7, 11) is 0. The quantitative estimate of drug-likeness (QED) is 0.556. The third-order valence-electron chi connectivity index (χ3n) is 0.224. The second-order valence-corrected chi connectivity index (χ2v) is 0.724. The van der Waals surface area contributed by atoms with Crippen LogP contribution in [0.15, 0.2) is 0 Å². The molecule has 1 N–H and O–H groups in total. The maximum Gasteiger partial charge on any atom is 0.0428 e. The summed E-state index contributed by atoms with van der Waals surface area (Å²) < 4.78 is 0. The van der Waals surface area contributed by atoms with Gasteiger partial charge in [0.25, 0.3) is 0 Å². The molecule has 0 heterocycles. The molecule has 3 heteroatoms. The summed E-state index contributed by atoms with van der Waals surface area (Å²) in [4.78, 5) is 0. The van der Waals surface area contributed by atoms with Crippen molar-refractivity contribution in [1.82, 2.24) is 0 Å². The molecule has 0 amide bonds. The molecule has 0 aromatic carbocycles. The Labute approximate surface area is 54.5 Å². The monoisotopic (exact) mass is 154 g/mol. The van der Waals surface area contributed by atoms with Crippen LogP contribution in [0.2, 0.25) is 0 Å². The molecule has 0 radical (unpaired) electrons. The van der Waals surface area contributed by atoms with E-state index in [0.29, 0.717) is 6.61 Å². The Morgan fingerprint density at radius 3 is 1.67 bits per heavy atom. The average molecular weight is 155 g/mol. The van der Waals surface area contributed by atoms with Crippen molar-refractivity contribution < 1.29 is 21.6 Å². The molecule has 1 nitrogen and oxygen atoms in total. The van der Waals surface area contributed by atoms with E-state index in [2.05, 4.69) is 0 Å². The van der Waals surface area contributed by atoms with Crippen LogP contribution in [0.25, 0.3) is 0 Å². The molecule has 0 aromatic heterocycles. The van der Waals surface area contributed by atoms with Crippen LogP contribution in [-0.4, -0.2) is 11.7 Å². The minimum absolute atomic E-state index is 0. The van der Waals surface area contributed by atoms with E-state index in [1.165, 1.54) is 0 Å². The minimum Gasteiger partial charge on any atom is -0.396 e. The Hall–Kier alpha value is 0.744. The second kappa shape index (κ2) is 17.2. The normalized spacial score (nSPS) is 5.00. The summed E-state index contributed by atoms with van der Waals surface area (Å²) in [6.07, 6.45) is 0.875. The van der Waals surface area contributed by atoms with Gasteiger partial charge in [-0.25, -0.2) is 0 Å². The summed E-state index contributed by atoms with van der Waals surface area (Å²) in [5, 5.41) is 7.88. The molecule has 0 saturated carbocycles. The largest absolute Gasteiger partial charge is 0.396 e. The van der Waals surface area contributed by atoms with Gasteiger partial charge in [-0.1, -0.05) is 6.92 Å². The van der Waals surface area contributed by atoms with E-state index in [9.17, 15) is 0 Å². The molecule has 0 fully saturated rings. The summed E-state index contributed by atoms with van der Waals surface area (Å²) >= 11 is 0. The van der Waals surface area contributed by atoms with Gasteiger partial charge in [0.2, 0.25) is 0 Å². The zero-order valence-corrected chi connectivity index (χ0v) is 5.39. The first-order valence-electron chi connectivity index (χ1n) is 1.52. The zero-order valence-electron chi connectivity index (χ0n) is 3.59. The Bertz CT molecular complexity index is 12.8. The van der Waals surface area contributed by atoms with Gasteiger partial charge in [-0.05, 0) is 6.42 Å². The smallest absolute Gasteiger partial charge is 0.0428 e. The third kappa shape index (κ3) is 21.9. The van der Waals surface area contributed by atoms with Crippen molar-refractivity contribution in [3.8, 4) is 0 Å². The van der Waals surface area contributed by atoms with Gasteiger partial charge >= 0.3 is 0 Å². The first-order chi connectivity index (χ1) is 1.91. The maximum absolute atomic E-state index is 7.88. The van der Waals surface area contributed by atoms with Gasteiger partial charge in [0.15, 0.2) is 0 Å². The topological polar surface area (TPSA) is 20.2 Å². The van der Waals surface area contributed by atoms with Gasteiger partial charge in [-0.3, -0.25) is 0 Å². The van der Waals surface area contributed by atoms with E-state index in [0.717, 1.165) is 6.42 Å². The third-order valence-corrected chi connectivity index (χ3v) is 0.224. The fourth-order valence-corrected chi connectivity index (χ4v) is 0. The van der Waals surface area contributed by atoms with Gasteiger partial charge in [0.1, 0.15) is 0 Å². The standard InChI is InChI=1S/C3H8O.ClH.Ni/c1-2-3-4;;/h4H,2-3H2,1H3;1H;. The van der Waals surface area contributed by atoms with Crippen LogP contribution in [0.1, 0.15) is 13.3 Å². The van der Waals surface area contributed by atoms with Crippen LogP contribution in [0, 0.1) is 0 Å². The number of rotatable bonds is 1. The number of aliphatic hydroxyl groups is 1. The van der Waals surface area contributed by atoms with E-state index in [-0.39, 0.29) is 28.9 Å². The minimum atomic E-state index is 0. The summed E-state index contributed by atoms with van der Waals surface area (Å²) in [6, 6.07) is 0. The molecular formula is C3H9ClNiO. The molecule has 0 atom stereocenters. The van der Waals surface area contributed by atoms with Gasteiger partial charge in [-0.15, -0.1) is 12.4 Å². The second-order valence-electron chi connectivity index (χ2n) is 0.724. The van der Waals surface area contributed by atoms with Crippen molar-refractivity contribution in [2.24, 2.45) is 0 Å². The summed E-state index contributed by atoms with van der Waals surface area (Å²) in [5.74, 6) is 0. The van der Waals surface area contributed by atoms with Crippen LogP contribution in [-0.2, 0) is 16.5 Å². The van der Waals surface area contributed by atoms with E-state index >= 15 is 0 Å². The van der Waals surface area contributed by atoms with Crippen molar-refractivity contribution in [2.75, 3.05) is 6.61 Å². The molecule has 0 aliphatic carbocycles. The molecule has 0 bridgehead atoms. The fourth-order valence-electron chi connectivity index (χ4n) is 0. The van der Waals surface area contributed by atoms with E-state index in [1.807, 2.05) is 6.92 Å². The predicted molar refractivity (Wildman–Crippen MR) is 24.6 cm³/mol. The fraction of sp³-hybridized carbons (Fsp3) is 1.00. The Kier molecular flexibility index (Phi) is 45.4. The van der Waals surface area contributed by atoms with Crippen molar-refractivity contribution in [3.63, 3.8) is 0 Å². The number of halogens is 1. The molecule has 0 unspecified atom stereocenters. The predicted octanol–water partition coefficient (Wildman–Crippen LogP) is 0.808. The Morgan fingerprint density at radius 1 is 1.50 bits per heavy atom. The molecule has 44 valence electrons. The van der Waals surface area contributed by atoms with Gasteiger partial charge in [-0.2, -0.15) is 0 Å². The van der Waals surface area contributed by atoms with Crippen LogP contribution in [0.3, 0.4) is 0 Å². The van der Waals surface area contributed by atoms with E-state index in [1.54, 1.807) is 0 Å². The van der Waals surface area contributed by atoms with Crippen molar-refractivity contribution >= 4 is 12.4 Å². The molecule has 0 saturated heterocycles. The molecule has 0 aliphatic heterocycles. The van der Waals surface area contributed by atoms with Crippen LogP contribution < -0.4 is 0 Å². The molecular weight excluding hydrogens is 146 g/mol. The average Bonchev–Trinajstić information content (AvgIpc) is 1.37. The van der Waals surface area contributed by atoms with Gasteiger partial charge < -0.3 is 5.11 Å². The molecule has 0 rings (SSSR count).